The predicted molar refractivity (Wildman–Crippen MR) is 40.5 cm³/mol. The van der Waals surface area contributed by atoms with E-state index in [2.05, 4.69) is 14.5 Å². The highest BCUT2D eigenvalue weighted by molar-refractivity contribution is 7.88. The molecule has 8 nitrogen and oxygen atoms in total. The van der Waals surface area contributed by atoms with E-state index in [4.69, 9.17) is 17.2 Å². The van der Waals surface area contributed by atoms with Gasteiger partial charge < -0.3 is 17.2 Å². The number of guanidine groups is 2. The summed E-state index contributed by atoms with van der Waals surface area (Å²) in [5.41, 5.74) is 14.6. The van der Waals surface area contributed by atoms with Crippen LogP contribution in [0.4, 0.5) is 0 Å². The van der Waals surface area contributed by atoms with Gasteiger partial charge in [0.2, 0.25) is 5.96 Å². The Hall–Kier alpha value is -1.35. The van der Waals surface area contributed by atoms with E-state index in [0.29, 0.717) is 0 Å². The van der Waals surface area contributed by atoms with Gasteiger partial charge in [-0.05, 0) is 0 Å². The van der Waals surface area contributed by atoms with E-state index >= 15 is 0 Å². The van der Waals surface area contributed by atoms with Gasteiger partial charge >= 0.3 is 10.2 Å². The van der Waals surface area contributed by atoms with Crippen LogP contribution in [-0.4, -0.2) is 20.3 Å². The molecule has 0 saturated heterocycles. The molecule has 11 heavy (non-hydrogen) atoms. The molecule has 0 heterocycles. The molecule has 0 aliphatic heterocycles. The minimum atomic E-state index is -4.02. The van der Waals surface area contributed by atoms with E-state index in [9.17, 15) is 8.42 Å². The first-order valence-corrected chi connectivity index (χ1v) is 3.79. The van der Waals surface area contributed by atoms with Gasteiger partial charge in [-0.25, -0.2) is 5.14 Å². The van der Waals surface area contributed by atoms with Crippen LogP contribution in [0, 0.1) is 0 Å². The van der Waals surface area contributed by atoms with Crippen molar-refractivity contribution < 1.29 is 8.42 Å². The van der Waals surface area contributed by atoms with Gasteiger partial charge in [0.05, 0.1) is 0 Å². The van der Waals surface area contributed by atoms with Crippen molar-refractivity contribution in [3.05, 3.63) is 0 Å². The molecule has 0 rings (SSSR count). The van der Waals surface area contributed by atoms with Gasteiger partial charge in [0.15, 0.2) is 5.96 Å². The van der Waals surface area contributed by atoms with E-state index in [1.807, 2.05) is 0 Å². The topological polar surface area (TPSA) is 163 Å². The second-order valence-corrected chi connectivity index (χ2v) is 2.71. The lowest BCUT2D eigenvalue weighted by Gasteiger charge is -1.91. The smallest absolute Gasteiger partial charge is 0.320 e. The van der Waals surface area contributed by atoms with Gasteiger partial charge in [-0.2, -0.15) is 13.4 Å². The fourth-order valence-corrected chi connectivity index (χ4v) is 0.585. The fourth-order valence-electron chi connectivity index (χ4n) is 0.283. The molecule has 0 amide bonds. The van der Waals surface area contributed by atoms with E-state index in [-0.39, 0.29) is 0 Å². The van der Waals surface area contributed by atoms with E-state index in [0.717, 1.165) is 0 Å². The molecule has 0 atom stereocenters. The van der Waals surface area contributed by atoms with Gasteiger partial charge in [-0.1, -0.05) is 0 Å². The van der Waals surface area contributed by atoms with E-state index < -0.39 is 22.1 Å². The molecule has 0 unspecified atom stereocenters. The summed E-state index contributed by atoms with van der Waals surface area (Å²) in [6, 6.07) is 0. The average molecular weight is 180 g/mol. The first-order chi connectivity index (χ1) is 4.81. The van der Waals surface area contributed by atoms with Gasteiger partial charge in [0, 0.05) is 0 Å². The summed E-state index contributed by atoms with van der Waals surface area (Å²) in [5.74, 6) is -0.998. The van der Waals surface area contributed by atoms with Crippen LogP contribution in [0.25, 0.3) is 0 Å². The Labute approximate surface area is 63.2 Å². The fraction of sp³-hybridized carbons (Fsp3) is 0. The van der Waals surface area contributed by atoms with Crippen molar-refractivity contribution in [1.29, 1.82) is 0 Å². The first-order valence-electron chi connectivity index (χ1n) is 2.29. The molecule has 0 bridgehead atoms. The Bertz CT molecular complexity index is 284. The van der Waals surface area contributed by atoms with Crippen molar-refractivity contribution in [2.45, 2.75) is 0 Å². The van der Waals surface area contributed by atoms with Crippen molar-refractivity contribution in [1.82, 2.24) is 0 Å². The highest BCUT2D eigenvalue weighted by atomic mass is 32.2. The molecule has 0 spiro atoms. The number of hydrogen-bond acceptors (Lipinski definition) is 2. The maximum absolute atomic E-state index is 10.2. The van der Waals surface area contributed by atoms with Gasteiger partial charge in [-0.15, -0.1) is 4.40 Å². The summed E-state index contributed by atoms with van der Waals surface area (Å²) in [6.07, 6.45) is 0. The molecular weight excluding hydrogens is 172 g/mol. The second kappa shape index (κ2) is 3.16. The molecule has 64 valence electrons. The standard InChI is InChI=1S/C2H8N6O2S/c3-1(4)7-2(5)8-11(6,9)10/h(H2,6,9,10)(H6,3,4,5,7,8). The second-order valence-electron chi connectivity index (χ2n) is 1.50. The summed E-state index contributed by atoms with van der Waals surface area (Å²) in [7, 11) is -4.02. The van der Waals surface area contributed by atoms with Gasteiger partial charge in [-0.3, -0.25) is 0 Å². The molecule has 0 radical (unpaired) electrons. The monoisotopic (exact) mass is 180 g/mol. The van der Waals surface area contributed by atoms with Crippen LogP contribution in [0.5, 0.6) is 0 Å². The van der Waals surface area contributed by atoms with Crippen LogP contribution in [0.15, 0.2) is 9.39 Å². The Morgan fingerprint density at radius 1 is 1.18 bits per heavy atom. The van der Waals surface area contributed by atoms with Crippen LogP contribution in [0.2, 0.25) is 0 Å². The first kappa shape index (κ1) is 9.65. The lowest BCUT2D eigenvalue weighted by Crippen LogP contribution is -2.27. The van der Waals surface area contributed by atoms with Crippen LogP contribution >= 0.6 is 0 Å². The SMILES string of the molecule is NC(N)=N/C(N)=N/S(N)(=O)=O. The van der Waals surface area contributed by atoms with Crippen molar-refractivity contribution in [3.8, 4) is 0 Å². The Kier molecular flexibility index (Phi) is 2.78. The van der Waals surface area contributed by atoms with Gasteiger partial charge in [0.1, 0.15) is 0 Å². The quantitative estimate of drug-likeness (QED) is 0.246. The molecule has 0 aliphatic carbocycles. The highest BCUT2D eigenvalue weighted by Crippen LogP contribution is 1.79. The molecule has 0 fully saturated rings. The molecule has 0 saturated carbocycles. The van der Waals surface area contributed by atoms with Crippen LogP contribution < -0.4 is 22.3 Å². The predicted octanol–water partition coefficient (Wildman–Crippen LogP) is -3.22. The van der Waals surface area contributed by atoms with Crippen LogP contribution in [0.1, 0.15) is 0 Å². The third kappa shape index (κ3) is 6.54. The largest absolute Gasteiger partial charge is 0.370 e. The van der Waals surface area contributed by atoms with E-state index in [1.54, 1.807) is 0 Å². The Balaban J connectivity index is 4.64. The highest BCUT2D eigenvalue weighted by Gasteiger charge is 1.98. The van der Waals surface area contributed by atoms with Gasteiger partial charge in [0.25, 0.3) is 0 Å². The van der Waals surface area contributed by atoms with Crippen molar-refractivity contribution in [2.75, 3.05) is 0 Å². The molecule has 0 aromatic carbocycles. The molecule has 0 aliphatic rings. The molecule has 9 heteroatoms. The maximum Gasteiger partial charge on any atom is 0.320 e. The summed E-state index contributed by atoms with van der Waals surface area (Å²) in [6.45, 7) is 0. The molecule has 0 aromatic rings. The summed E-state index contributed by atoms with van der Waals surface area (Å²) < 4.78 is 23.1. The number of rotatable bonds is 1. The average Bonchev–Trinajstić information content (AvgIpc) is 1.53. The third-order valence-electron chi connectivity index (χ3n) is 0.464. The lowest BCUT2D eigenvalue weighted by atomic mass is 11.0. The zero-order valence-corrected chi connectivity index (χ0v) is 6.25. The summed E-state index contributed by atoms with van der Waals surface area (Å²) in [5, 5.41) is 4.47. The number of nitrogens with zero attached hydrogens (tertiary/aromatic N) is 2. The normalized spacial score (nSPS) is 12.6. The Morgan fingerprint density at radius 3 is 1.91 bits per heavy atom. The molecule has 0 aromatic heterocycles. The molecular formula is C2H8N6O2S. The minimum Gasteiger partial charge on any atom is -0.370 e. The molecule has 8 N–H and O–H groups in total. The van der Waals surface area contributed by atoms with Crippen molar-refractivity contribution >= 4 is 22.1 Å². The Morgan fingerprint density at radius 2 is 1.64 bits per heavy atom. The van der Waals surface area contributed by atoms with Crippen LogP contribution in [-0.2, 0) is 10.2 Å². The number of aliphatic imine (C=N–C) groups is 1. The number of nitrogens with two attached hydrogens (primary N) is 4. The minimum absolute atomic E-state index is 0.394. The van der Waals surface area contributed by atoms with Crippen molar-refractivity contribution in [3.63, 3.8) is 0 Å². The summed E-state index contributed by atoms with van der Waals surface area (Å²) in [4.78, 5) is 3.10. The third-order valence-corrected chi connectivity index (χ3v) is 0.906. The zero-order chi connectivity index (χ0) is 9.07. The zero-order valence-electron chi connectivity index (χ0n) is 5.43. The maximum atomic E-state index is 10.2. The lowest BCUT2D eigenvalue weighted by molar-refractivity contribution is 0.599. The van der Waals surface area contributed by atoms with Crippen LogP contribution in [0.3, 0.4) is 0 Å². The summed E-state index contributed by atoms with van der Waals surface area (Å²) >= 11 is 0. The number of hydrogen-bond donors (Lipinski definition) is 4. The van der Waals surface area contributed by atoms with Crippen molar-refractivity contribution in [2.24, 2.45) is 31.7 Å². The van der Waals surface area contributed by atoms with E-state index in [1.165, 1.54) is 0 Å².